The third-order valence-electron chi connectivity index (χ3n) is 7.90. The van der Waals surface area contributed by atoms with Gasteiger partial charge in [-0.3, -0.25) is 13.9 Å². The molecule has 1 aliphatic rings. The van der Waals surface area contributed by atoms with Crippen molar-refractivity contribution in [2.75, 3.05) is 10.8 Å². The Morgan fingerprint density at radius 1 is 0.951 bits per heavy atom. The summed E-state index contributed by atoms with van der Waals surface area (Å²) in [5, 5.41) is 3.54. The zero-order valence-electron chi connectivity index (χ0n) is 24.1. The third kappa shape index (κ3) is 7.11. The van der Waals surface area contributed by atoms with Crippen LogP contribution in [0.4, 0.5) is 5.69 Å². The minimum atomic E-state index is -4.13. The Morgan fingerprint density at radius 3 is 2.27 bits per heavy atom. The topological polar surface area (TPSA) is 86.8 Å². The number of amides is 2. The van der Waals surface area contributed by atoms with E-state index in [9.17, 15) is 18.0 Å². The van der Waals surface area contributed by atoms with Gasteiger partial charge in [-0.2, -0.15) is 0 Å². The maximum atomic E-state index is 14.2. The van der Waals surface area contributed by atoms with Crippen molar-refractivity contribution < 1.29 is 18.0 Å². The average Bonchev–Trinajstić information content (AvgIpc) is 3.45. The lowest BCUT2D eigenvalue weighted by atomic mass is 10.1. The first-order valence-corrected chi connectivity index (χ1v) is 15.8. The molecule has 3 aromatic rings. The van der Waals surface area contributed by atoms with Gasteiger partial charge in [0, 0.05) is 17.6 Å². The third-order valence-corrected chi connectivity index (χ3v) is 10.0. The number of carbonyl (C=O) groups is 2. The second-order valence-electron chi connectivity index (χ2n) is 10.8. The molecule has 0 aromatic heterocycles. The van der Waals surface area contributed by atoms with Crippen LogP contribution in [0, 0.1) is 20.8 Å². The summed E-state index contributed by atoms with van der Waals surface area (Å²) in [6.45, 7) is 6.88. The summed E-state index contributed by atoms with van der Waals surface area (Å²) in [5.74, 6) is -0.771. The van der Waals surface area contributed by atoms with Crippen LogP contribution in [0.15, 0.2) is 71.6 Å². The molecule has 41 heavy (non-hydrogen) atoms. The fourth-order valence-electron chi connectivity index (χ4n) is 5.14. The Labute approximate surface area is 248 Å². The number of nitrogens with one attached hydrogen (secondary N) is 1. The van der Waals surface area contributed by atoms with E-state index in [0.717, 1.165) is 46.7 Å². The Balaban J connectivity index is 1.73. The molecule has 4 rings (SSSR count). The molecule has 2 amide bonds. The van der Waals surface area contributed by atoms with Gasteiger partial charge in [0.15, 0.2) is 0 Å². The molecule has 0 spiro atoms. The van der Waals surface area contributed by atoms with Crippen LogP contribution in [0.3, 0.4) is 0 Å². The highest BCUT2D eigenvalue weighted by Gasteiger charge is 2.34. The molecule has 0 saturated heterocycles. The van der Waals surface area contributed by atoms with Crippen molar-refractivity contribution in [1.82, 2.24) is 10.2 Å². The van der Waals surface area contributed by atoms with Crippen LogP contribution < -0.4 is 9.62 Å². The summed E-state index contributed by atoms with van der Waals surface area (Å²) in [6.07, 6.45) is 3.94. The van der Waals surface area contributed by atoms with E-state index in [0.29, 0.717) is 16.3 Å². The lowest BCUT2D eigenvalue weighted by molar-refractivity contribution is -0.139. The van der Waals surface area contributed by atoms with Crippen molar-refractivity contribution in [3.63, 3.8) is 0 Å². The minimum Gasteiger partial charge on any atom is -0.352 e. The second kappa shape index (κ2) is 13.1. The Kier molecular flexibility index (Phi) is 9.76. The van der Waals surface area contributed by atoms with E-state index in [4.69, 9.17) is 11.6 Å². The number of halogens is 1. The van der Waals surface area contributed by atoms with E-state index in [1.807, 2.05) is 32.9 Å². The zero-order chi connectivity index (χ0) is 29.7. The number of sulfonamides is 1. The van der Waals surface area contributed by atoms with Gasteiger partial charge in [0.05, 0.1) is 10.6 Å². The van der Waals surface area contributed by atoms with Gasteiger partial charge >= 0.3 is 0 Å². The molecular formula is C32H38ClN3O4S. The first-order chi connectivity index (χ1) is 19.5. The smallest absolute Gasteiger partial charge is 0.264 e. The van der Waals surface area contributed by atoms with Crippen LogP contribution in [0.5, 0.6) is 0 Å². The molecule has 0 heterocycles. The van der Waals surface area contributed by atoms with Crippen LogP contribution in [0.1, 0.15) is 54.9 Å². The first-order valence-electron chi connectivity index (χ1n) is 14.0. The predicted molar refractivity (Wildman–Crippen MR) is 163 cm³/mol. The molecule has 0 radical (unpaired) electrons. The summed E-state index contributed by atoms with van der Waals surface area (Å²) in [6, 6.07) is 18.3. The number of carbonyl (C=O) groups excluding carboxylic acids is 2. The van der Waals surface area contributed by atoms with Crippen LogP contribution in [0.25, 0.3) is 0 Å². The molecule has 218 valence electrons. The Bertz CT molecular complexity index is 1500. The number of benzene rings is 3. The molecule has 1 N–H and O–H groups in total. The van der Waals surface area contributed by atoms with E-state index in [1.54, 1.807) is 61.5 Å². The average molecular weight is 596 g/mol. The molecule has 1 aliphatic carbocycles. The zero-order valence-corrected chi connectivity index (χ0v) is 25.6. The molecule has 0 bridgehead atoms. The van der Waals surface area contributed by atoms with E-state index < -0.39 is 28.5 Å². The van der Waals surface area contributed by atoms with Crippen molar-refractivity contribution in [2.45, 2.75) is 76.9 Å². The van der Waals surface area contributed by atoms with Gasteiger partial charge in [-0.1, -0.05) is 72.5 Å². The van der Waals surface area contributed by atoms with Crippen molar-refractivity contribution in [3.8, 4) is 0 Å². The van der Waals surface area contributed by atoms with Crippen molar-refractivity contribution in [3.05, 3.63) is 94.0 Å². The summed E-state index contributed by atoms with van der Waals surface area (Å²) >= 11 is 6.46. The summed E-state index contributed by atoms with van der Waals surface area (Å²) < 4.78 is 29.3. The molecule has 3 aromatic carbocycles. The number of hydrogen-bond donors (Lipinski definition) is 1. The highest BCUT2D eigenvalue weighted by atomic mass is 35.5. The van der Waals surface area contributed by atoms with Gasteiger partial charge in [-0.25, -0.2) is 8.42 Å². The fraction of sp³-hybridized carbons (Fsp3) is 0.375. The fourth-order valence-corrected chi connectivity index (χ4v) is 6.81. The number of hydrogen-bond acceptors (Lipinski definition) is 4. The summed E-state index contributed by atoms with van der Waals surface area (Å²) in [4.78, 5) is 29.0. The van der Waals surface area contributed by atoms with E-state index in [-0.39, 0.29) is 23.4 Å². The number of aryl methyl sites for hydroxylation is 2. The van der Waals surface area contributed by atoms with Gasteiger partial charge in [0.25, 0.3) is 10.0 Å². The lowest BCUT2D eigenvalue weighted by Gasteiger charge is -2.33. The second-order valence-corrected chi connectivity index (χ2v) is 13.1. The first kappa shape index (κ1) is 30.6. The maximum Gasteiger partial charge on any atom is 0.264 e. The Hall–Kier alpha value is -3.36. The molecule has 1 atom stereocenters. The Morgan fingerprint density at radius 2 is 1.61 bits per heavy atom. The van der Waals surface area contributed by atoms with Crippen LogP contribution in [-0.2, 0) is 26.2 Å². The number of anilines is 1. The monoisotopic (exact) mass is 595 g/mol. The minimum absolute atomic E-state index is 0.0585. The van der Waals surface area contributed by atoms with Gasteiger partial charge in [-0.05, 0) is 81.5 Å². The van der Waals surface area contributed by atoms with Crippen molar-refractivity contribution >= 4 is 39.1 Å². The highest BCUT2D eigenvalue weighted by Crippen LogP contribution is 2.30. The quantitative estimate of drug-likeness (QED) is 0.314. The van der Waals surface area contributed by atoms with Crippen molar-refractivity contribution in [2.24, 2.45) is 0 Å². The van der Waals surface area contributed by atoms with Crippen LogP contribution >= 0.6 is 11.6 Å². The maximum absolute atomic E-state index is 14.2. The molecular weight excluding hydrogens is 558 g/mol. The standard InChI is InChI=1S/C32H38ClN3O4S/c1-22-16-18-28(19-17-22)41(39,40)36(30-15-9-10-23(2)24(30)3)21-31(37)35(20-26-11-5-8-14-29(26)33)25(4)32(38)34-27-12-6-7-13-27/h5,8-11,14-19,25,27H,6-7,12-13,20-21H2,1-4H3,(H,34,38). The van der Waals surface area contributed by atoms with Gasteiger partial charge in [0.2, 0.25) is 11.8 Å². The molecule has 1 unspecified atom stereocenters. The van der Waals surface area contributed by atoms with E-state index in [1.165, 1.54) is 4.90 Å². The lowest BCUT2D eigenvalue weighted by Crippen LogP contribution is -2.52. The molecule has 0 aliphatic heterocycles. The number of rotatable bonds is 10. The SMILES string of the molecule is Cc1ccc(S(=O)(=O)N(CC(=O)N(Cc2ccccc2Cl)C(C)C(=O)NC2CCCC2)c2cccc(C)c2C)cc1. The van der Waals surface area contributed by atoms with Crippen LogP contribution in [-0.4, -0.2) is 43.8 Å². The van der Waals surface area contributed by atoms with E-state index in [2.05, 4.69) is 5.32 Å². The normalized spacial score (nSPS) is 14.5. The highest BCUT2D eigenvalue weighted by molar-refractivity contribution is 7.92. The molecule has 1 fully saturated rings. The largest absolute Gasteiger partial charge is 0.352 e. The van der Waals surface area contributed by atoms with Gasteiger partial charge in [-0.15, -0.1) is 0 Å². The van der Waals surface area contributed by atoms with E-state index >= 15 is 0 Å². The van der Waals surface area contributed by atoms with Gasteiger partial charge < -0.3 is 10.2 Å². The number of nitrogens with zero attached hydrogens (tertiary/aromatic N) is 2. The van der Waals surface area contributed by atoms with Crippen LogP contribution in [0.2, 0.25) is 5.02 Å². The molecule has 7 nitrogen and oxygen atoms in total. The summed E-state index contributed by atoms with van der Waals surface area (Å²) in [5.41, 5.74) is 3.66. The predicted octanol–water partition coefficient (Wildman–Crippen LogP) is 5.94. The molecule has 9 heteroatoms. The summed E-state index contributed by atoms with van der Waals surface area (Å²) in [7, 11) is -4.13. The molecule has 1 saturated carbocycles. The van der Waals surface area contributed by atoms with Crippen molar-refractivity contribution in [1.29, 1.82) is 0 Å². The van der Waals surface area contributed by atoms with Gasteiger partial charge in [0.1, 0.15) is 12.6 Å².